The Morgan fingerprint density at radius 1 is 0.955 bits per heavy atom. The molecule has 1 fully saturated rings. The Morgan fingerprint density at radius 2 is 1.50 bits per heavy atom. The van der Waals surface area contributed by atoms with Crippen LogP contribution in [0.25, 0.3) is 0 Å². The Morgan fingerprint density at radius 3 is 1.95 bits per heavy atom. The van der Waals surface area contributed by atoms with Crippen LogP contribution in [0.15, 0.2) is 0 Å². The van der Waals surface area contributed by atoms with Crippen molar-refractivity contribution < 1.29 is 18.9 Å². The predicted molar refractivity (Wildman–Crippen MR) is 89.1 cm³/mol. The average molecular weight is 316 g/mol. The molecule has 0 N–H and O–H groups in total. The van der Waals surface area contributed by atoms with Gasteiger partial charge in [-0.15, -0.1) is 0 Å². The van der Waals surface area contributed by atoms with Gasteiger partial charge in [-0.2, -0.15) is 0 Å². The fraction of sp³-hybridized carbons (Fsp3) is 1.00. The van der Waals surface area contributed by atoms with Gasteiger partial charge < -0.3 is 18.9 Å². The minimum atomic E-state index is -0.477. The zero-order chi connectivity index (χ0) is 17.1. The van der Waals surface area contributed by atoms with Crippen LogP contribution >= 0.6 is 0 Å². The van der Waals surface area contributed by atoms with Gasteiger partial charge in [-0.05, 0) is 61.3 Å². The normalized spacial score (nSPS) is 21.8. The van der Waals surface area contributed by atoms with Crippen molar-refractivity contribution in [2.24, 2.45) is 5.41 Å². The van der Waals surface area contributed by atoms with Crippen molar-refractivity contribution in [3.8, 4) is 0 Å². The van der Waals surface area contributed by atoms with Gasteiger partial charge in [-0.3, -0.25) is 0 Å². The largest absolute Gasteiger partial charge is 0.376 e. The van der Waals surface area contributed by atoms with E-state index < -0.39 is 5.79 Å². The molecule has 0 radical (unpaired) electrons. The molecule has 0 aliphatic carbocycles. The number of hydrogen-bond donors (Lipinski definition) is 0. The summed E-state index contributed by atoms with van der Waals surface area (Å²) in [6, 6.07) is 0. The summed E-state index contributed by atoms with van der Waals surface area (Å²) in [4.78, 5) is 0. The van der Waals surface area contributed by atoms with Crippen molar-refractivity contribution in [1.29, 1.82) is 0 Å². The third-order valence-electron chi connectivity index (χ3n) is 4.21. The number of hydrogen-bond acceptors (Lipinski definition) is 4. The van der Waals surface area contributed by atoms with E-state index >= 15 is 0 Å². The van der Waals surface area contributed by atoms with Gasteiger partial charge in [0.25, 0.3) is 0 Å². The van der Waals surface area contributed by atoms with E-state index in [1.54, 1.807) is 0 Å². The van der Waals surface area contributed by atoms with Crippen molar-refractivity contribution in [3.05, 3.63) is 0 Å². The lowest BCUT2D eigenvalue weighted by Gasteiger charge is -2.44. The van der Waals surface area contributed by atoms with Crippen LogP contribution in [0.2, 0.25) is 0 Å². The standard InChI is InChI=1S/C18H36O4/c1-9-18(13-21-17(7,8)22-14-18)12-20-16(5,6)10-11-19-15(2,3)4/h9-14H2,1-8H3. The van der Waals surface area contributed by atoms with Crippen LogP contribution in [0.3, 0.4) is 0 Å². The summed E-state index contributed by atoms with van der Waals surface area (Å²) in [5.41, 5.74) is -0.352. The minimum absolute atomic E-state index is 0.0440. The lowest BCUT2D eigenvalue weighted by Crippen LogP contribution is -2.49. The van der Waals surface area contributed by atoms with E-state index in [9.17, 15) is 0 Å². The molecule has 0 saturated carbocycles. The first-order valence-electron chi connectivity index (χ1n) is 8.45. The van der Waals surface area contributed by atoms with Crippen molar-refractivity contribution in [2.45, 2.75) is 85.2 Å². The highest BCUT2D eigenvalue weighted by molar-refractivity contribution is 4.84. The van der Waals surface area contributed by atoms with Crippen molar-refractivity contribution in [3.63, 3.8) is 0 Å². The molecule has 22 heavy (non-hydrogen) atoms. The molecule has 0 bridgehead atoms. The second-order valence-corrected chi connectivity index (χ2v) is 8.59. The molecule has 0 atom stereocenters. The summed E-state index contributed by atoms with van der Waals surface area (Å²) in [7, 11) is 0. The first kappa shape index (κ1) is 19.9. The van der Waals surface area contributed by atoms with Crippen LogP contribution in [-0.4, -0.2) is 43.4 Å². The van der Waals surface area contributed by atoms with Crippen molar-refractivity contribution in [1.82, 2.24) is 0 Å². The maximum Gasteiger partial charge on any atom is 0.162 e. The van der Waals surface area contributed by atoms with E-state index in [1.165, 1.54) is 0 Å². The Kier molecular flexibility index (Phi) is 6.48. The van der Waals surface area contributed by atoms with E-state index in [-0.39, 0.29) is 16.6 Å². The van der Waals surface area contributed by atoms with E-state index in [4.69, 9.17) is 18.9 Å². The van der Waals surface area contributed by atoms with Gasteiger partial charge in [-0.25, -0.2) is 0 Å². The Bertz CT molecular complexity index is 331. The molecular formula is C18H36O4. The molecule has 0 aromatic carbocycles. The van der Waals surface area contributed by atoms with E-state index in [2.05, 4.69) is 41.5 Å². The number of rotatable bonds is 7. The molecule has 1 saturated heterocycles. The molecule has 0 spiro atoms. The summed E-state index contributed by atoms with van der Waals surface area (Å²) in [5, 5.41) is 0. The van der Waals surface area contributed by atoms with Gasteiger partial charge in [0.2, 0.25) is 0 Å². The SMILES string of the molecule is CCC1(COC(C)(C)CCOC(C)(C)C)COC(C)(C)OC1. The van der Waals surface area contributed by atoms with E-state index in [0.29, 0.717) is 26.4 Å². The Balaban J connectivity index is 2.45. The molecule has 4 heteroatoms. The van der Waals surface area contributed by atoms with E-state index in [0.717, 1.165) is 12.8 Å². The molecule has 1 aliphatic heterocycles. The summed E-state index contributed by atoms with van der Waals surface area (Å²) in [5.74, 6) is -0.477. The van der Waals surface area contributed by atoms with E-state index in [1.807, 2.05) is 13.8 Å². The third kappa shape index (κ3) is 6.95. The molecule has 1 aliphatic rings. The van der Waals surface area contributed by atoms with Crippen LogP contribution in [0.5, 0.6) is 0 Å². The molecule has 4 nitrogen and oxygen atoms in total. The van der Waals surface area contributed by atoms with Gasteiger partial charge in [0, 0.05) is 12.0 Å². The fourth-order valence-corrected chi connectivity index (χ4v) is 2.15. The minimum Gasteiger partial charge on any atom is -0.376 e. The highest BCUT2D eigenvalue weighted by Gasteiger charge is 2.40. The summed E-state index contributed by atoms with van der Waals surface area (Å²) in [6.45, 7) is 19.3. The molecule has 0 unspecified atom stereocenters. The lowest BCUT2D eigenvalue weighted by atomic mass is 9.86. The smallest absolute Gasteiger partial charge is 0.162 e. The molecule has 1 rings (SSSR count). The maximum absolute atomic E-state index is 6.21. The summed E-state index contributed by atoms with van der Waals surface area (Å²) >= 11 is 0. The molecular weight excluding hydrogens is 280 g/mol. The van der Waals surface area contributed by atoms with Gasteiger partial charge >= 0.3 is 0 Å². The van der Waals surface area contributed by atoms with Crippen molar-refractivity contribution in [2.75, 3.05) is 26.4 Å². The zero-order valence-electron chi connectivity index (χ0n) is 15.9. The van der Waals surface area contributed by atoms with Crippen LogP contribution in [-0.2, 0) is 18.9 Å². The topological polar surface area (TPSA) is 36.9 Å². The Hall–Kier alpha value is -0.160. The predicted octanol–water partition coefficient (Wildman–Crippen LogP) is 4.17. The van der Waals surface area contributed by atoms with Crippen LogP contribution in [0.4, 0.5) is 0 Å². The van der Waals surface area contributed by atoms with Gasteiger partial charge in [0.1, 0.15) is 0 Å². The van der Waals surface area contributed by atoms with Gasteiger partial charge in [0.15, 0.2) is 5.79 Å². The quantitative estimate of drug-likeness (QED) is 0.706. The third-order valence-corrected chi connectivity index (χ3v) is 4.21. The summed E-state index contributed by atoms with van der Waals surface area (Å²) < 4.78 is 23.7. The molecule has 0 amide bonds. The molecule has 132 valence electrons. The first-order valence-corrected chi connectivity index (χ1v) is 8.45. The van der Waals surface area contributed by atoms with Gasteiger partial charge in [0.05, 0.1) is 31.0 Å². The van der Waals surface area contributed by atoms with Crippen LogP contribution in [0, 0.1) is 5.41 Å². The monoisotopic (exact) mass is 316 g/mol. The molecule has 0 aromatic rings. The molecule has 0 aromatic heterocycles. The average Bonchev–Trinajstić information content (AvgIpc) is 2.36. The van der Waals surface area contributed by atoms with Gasteiger partial charge in [-0.1, -0.05) is 6.92 Å². The number of ether oxygens (including phenoxy) is 4. The lowest BCUT2D eigenvalue weighted by molar-refractivity contribution is -0.296. The Labute approximate surface area is 136 Å². The first-order chi connectivity index (χ1) is 9.89. The second kappa shape index (κ2) is 7.16. The highest BCUT2D eigenvalue weighted by Crippen LogP contribution is 2.34. The highest BCUT2D eigenvalue weighted by atomic mass is 16.7. The molecule has 1 heterocycles. The fourth-order valence-electron chi connectivity index (χ4n) is 2.15. The second-order valence-electron chi connectivity index (χ2n) is 8.59. The van der Waals surface area contributed by atoms with Crippen molar-refractivity contribution >= 4 is 0 Å². The van der Waals surface area contributed by atoms with Crippen LogP contribution < -0.4 is 0 Å². The zero-order valence-corrected chi connectivity index (χ0v) is 15.9. The summed E-state index contributed by atoms with van der Waals surface area (Å²) in [6.07, 6.45) is 1.86. The van der Waals surface area contributed by atoms with Crippen LogP contribution in [0.1, 0.15) is 68.2 Å². The maximum atomic E-state index is 6.21.